The third-order valence-corrected chi connectivity index (χ3v) is 6.10. The molecule has 0 spiro atoms. The van der Waals surface area contributed by atoms with E-state index < -0.39 is 0 Å². The maximum atomic E-state index is 12.8. The molecular weight excluding hydrogens is 388 g/mol. The van der Waals surface area contributed by atoms with Gasteiger partial charge >= 0.3 is 0 Å². The van der Waals surface area contributed by atoms with E-state index in [0.717, 1.165) is 29.9 Å². The fourth-order valence-corrected chi connectivity index (χ4v) is 4.48. The summed E-state index contributed by atoms with van der Waals surface area (Å²) in [5.41, 5.74) is 2.47. The number of carbonyl (C=O) groups is 1. The molecule has 29 heavy (non-hydrogen) atoms. The number of unbranched alkanes of at least 4 members (excludes halogenated alkanes) is 1. The number of thioether (sulfide) groups is 1. The summed E-state index contributed by atoms with van der Waals surface area (Å²) in [6, 6.07) is 5.81. The third kappa shape index (κ3) is 3.94. The van der Waals surface area contributed by atoms with Gasteiger partial charge in [-0.1, -0.05) is 31.2 Å². The van der Waals surface area contributed by atoms with E-state index in [1.165, 1.54) is 0 Å². The van der Waals surface area contributed by atoms with Crippen LogP contribution in [0.4, 0.5) is 0 Å². The topological polar surface area (TPSA) is 78.6 Å². The van der Waals surface area contributed by atoms with E-state index >= 15 is 0 Å². The highest BCUT2D eigenvalue weighted by molar-refractivity contribution is 7.99. The summed E-state index contributed by atoms with van der Waals surface area (Å²) in [5.74, 6) is 2.99. The first-order chi connectivity index (χ1) is 14.1. The molecule has 0 aliphatic heterocycles. The molecule has 0 unspecified atom stereocenters. The van der Waals surface area contributed by atoms with Crippen LogP contribution in [0.2, 0.25) is 0 Å². The molecule has 0 N–H and O–H groups in total. The number of aromatic nitrogens is 4. The van der Waals surface area contributed by atoms with Gasteiger partial charge in [0.25, 0.3) is 5.78 Å². The molecule has 0 radical (unpaired) electrons. The Morgan fingerprint density at radius 3 is 2.76 bits per heavy atom. The van der Waals surface area contributed by atoms with Crippen LogP contribution in [0.15, 0.2) is 29.6 Å². The molecule has 1 aromatic carbocycles. The zero-order valence-corrected chi connectivity index (χ0v) is 17.7. The summed E-state index contributed by atoms with van der Waals surface area (Å²) in [5, 5.41) is 5.18. The molecule has 0 amide bonds. The van der Waals surface area contributed by atoms with Gasteiger partial charge in [-0.25, -0.2) is 9.50 Å². The maximum Gasteiger partial charge on any atom is 0.253 e. The lowest BCUT2D eigenvalue weighted by Gasteiger charge is -2.23. The third-order valence-electron chi connectivity index (χ3n) is 5.17. The summed E-state index contributed by atoms with van der Waals surface area (Å²) in [7, 11) is 3.23. The highest BCUT2D eigenvalue weighted by Gasteiger charge is 2.29. The molecule has 0 bridgehead atoms. The number of methoxy groups -OCH3 is 2. The van der Waals surface area contributed by atoms with Crippen molar-refractivity contribution in [2.75, 3.05) is 20.0 Å². The molecule has 0 saturated carbocycles. The lowest BCUT2D eigenvalue weighted by atomic mass is 9.82. The highest BCUT2D eigenvalue weighted by Crippen LogP contribution is 2.36. The first-order valence-electron chi connectivity index (χ1n) is 9.77. The SMILES string of the molecule is CCCCSc1nc2nc3c(cn2n1)C(=O)C[C@H](c1ccc(OC)c(OC)c1)C3. The average molecular weight is 413 g/mol. The van der Waals surface area contributed by atoms with Crippen LogP contribution in [0.5, 0.6) is 11.5 Å². The summed E-state index contributed by atoms with van der Waals surface area (Å²) < 4.78 is 12.4. The number of carbonyl (C=O) groups excluding carboxylic acids is 1. The van der Waals surface area contributed by atoms with Crippen molar-refractivity contribution in [2.24, 2.45) is 0 Å². The molecule has 4 rings (SSSR count). The quantitative estimate of drug-likeness (QED) is 0.429. The van der Waals surface area contributed by atoms with Gasteiger partial charge in [-0.05, 0) is 36.5 Å². The molecule has 3 aromatic rings. The highest BCUT2D eigenvalue weighted by atomic mass is 32.2. The molecule has 1 atom stereocenters. The summed E-state index contributed by atoms with van der Waals surface area (Å²) in [6.07, 6.45) is 5.15. The number of Topliss-reactive ketones (excluding diaryl/α,β-unsaturated/α-hetero) is 1. The van der Waals surface area contributed by atoms with Crippen molar-refractivity contribution in [3.05, 3.63) is 41.2 Å². The number of benzene rings is 1. The molecule has 1 aliphatic rings. The smallest absolute Gasteiger partial charge is 0.253 e. The fraction of sp³-hybridized carbons (Fsp3) is 0.429. The standard InChI is InChI=1S/C21H24N4O3S/c1-4-5-8-29-21-23-20-22-16-9-14(10-17(26)15(16)12-25(20)24-21)13-6-7-18(27-2)19(11-13)28-3/h6-7,11-12,14H,4-5,8-10H2,1-3H3/t14-/m1/s1. The van der Waals surface area contributed by atoms with E-state index in [9.17, 15) is 4.79 Å². The zero-order chi connectivity index (χ0) is 20.4. The summed E-state index contributed by atoms with van der Waals surface area (Å²) in [6.45, 7) is 2.16. The Hall–Kier alpha value is -2.61. The van der Waals surface area contributed by atoms with E-state index in [4.69, 9.17) is 9.47 Å². The molecule has 8 heteroatoms. The van der Waals surface area contributed by atoms with Gasteiger partial charge in [-0.15, -0.1) is 5.10 Å². The van der Waals surface area contributed by atoms with E-state index in [1.54, 1.807) is 36.7 Å². The summed E-state index contributed by atoms with van der Waals surface area (Å²) >= 11 is 1.63. The number of ether oxygens (including phenoxy) is 2. The second kappa shape index (κ2) is 8.41. The van der Waals surface area contributed by atoms with Crippen LogP contribution in [0.25, 0.3) is 5.78 Å². The summed E-state index contributed by atoms with van der Waals surface area (Å²) in [4.78, 5) is 22.0. The van der Waals surface area contributed by atoms with Crippen LogP contribution in [-0.4, -0.2) is 45.3 Å². The first kappa shape index (κ1) is 19.7. The molecule has 2 aromatic heterocycles. The van der Waals surface area contributed by atoms with Gasteiger partial charge in [0.15, 0.2) is 17.3 Å². The first-order valence-corrected chi connectivity index (χ1v) is 10.8. The lowest BCUT2D eigenvalue weighted by Crippen LogP contribution is -2.21. The van der Waals surface area contributed by atoms with Gasteiger partial charge in [-0.3, -0.25) is 4.79 Å². The van der Waals surface area contributed by atoms with E-state index in [2.05, 4.69) is 22.0 Å². The van der Waals surface area contributed by atoms with Crippen LogP contribution in [0.1, 0.15) is 53.7 Å². The Balaban J connectivity index is 1.62. The lowest BCUT2D eigenvalue weighted by molar-refractivity contribution is 0.0962. The number of fused-ring (bicyclic) bond motifs is 2. The minimum atomic E-state index is 0.0473. The molecule has 0 saturated heterocycles. The maximum absolute atomic E-state index is 12.8. The molecule has 0 fully saturated rings. The van der Waals surface area contributed by atoms with Crippen LogP contribution >= 0.6 is 11.8 Å². The van der Waals surface area contributed by atoms with Crippen LogP contribution < -0.4 is 9.47 Å². The van der Waals surface area contributed by atoms with Crippen LogP contribution in [0.3, 0.4) is 0 Å². The number of ketones is 1. The zero-order valence-electron chi connectivity index (χ0n) is 16.8. The van der Waals surface area contributed by atoms with Crippen molar-refractivity contribution >= 4 is 23.3 Å². The second-order valence-corrected chi connectivity index (χ2v) is 8.15. The minimum absolute atomic E-state index is 0.0473. The Morgan fingerprint density at radius 2 is 2.00 bits per heavy atom. The predicted molar refractivity (Wildman–Crippen MR) is 111 cm³/mol. The minimum Gasteiger partial charge on any atom is -0.493 e. The van der Waals surface area contributed by atoms with E-state index in [1.807, 2.05) is 18.2 Å². The molecule has 152 valence electrons. The van der Waals surface area contributed by atoms with Crippen molar-refractivity contribution in [1.82, 2.24) is 19.6 Å². The van der Waals surface area contributed by atoms with Crippen molar-refractivity contribution in [3.8, 4) is 11.5 Å². The van der Waals surface area contributed by atoms with E-state index in [-0.39, 0.29) is 11.7 Å². The van der Waals surface area contributed by atoms with Gasteiger partial charge in [0.1, 0.15) is 0 Å². The molecule has 7 nitrogen and oxygen atoms in total. The van der Waals surface area contributed by atoms with Crippen molar-refractivity contribution in [3.63, 3.8) is 0 Å². The molecule has 2 heterocycles. The predicted octanol–water partition coefficient (Wildman–Crippen LogP) is 3.95. The average Bonchev–Trinajstić information content (AvgIpc) is 3.13. The van der Waals surface area contributed by atoms with Crippen molar-refractivity contribution in [1.29, 1.82) is 0 Å². The fourth-order valence-electron chi connectivity index (χ4n) is 3.58. The van der Waals surface area contributed by atoms with Gasteiger partial charge in [-0.2, -0.15) is 4.98 Å². The number of rotatable bonds is 7. The number of hydrogen-bond donors (Lipinski definition) is 0. The Kier molecular flexibility index (Phi) is 5.71. The molecule has 1 aliphatic carbocycles. The Bertz CT molecular complexity index is 1050. The Labute approximate surface area is 173 Å². The van der Waals surface area contributed by atoms with Gasteiger partial charge < -0.3 is 9.47 Å². The van der Waals surface area contributed by atoms with Crippen molar-refractivity contribution < 1.29 is 14.3 Å². The Morgan fingerprint density at radius 1 is 1.17 bits per heavy atom. The van der Waals surface area contributed by atoms with Gasteiger partial charge in [0.05, 0.1) is 25.5 Å². The monoisotopic (exact) mass is 412 g/mol. The number of hydrogen-bond acceptors (Lipinski definition) is 7. The van der Waals surface area contributed by atoms with Crippen molar-refractivity contribution in [2.45, 2.75) is 43.7 Å². The molecular formula is C21H24N4O3S. The second-order valence-electron chi connectivity index (χ2n) is 7.09. The number of nitrogens with zero attached hydrogens (tertiary/aromatic N) is 4. The largest absolute Gasteiger partial charge is 0.493 e. The van der Waals surface area contributed by atoms with E-state index in [0.29, 0.717) is 40.8 Å². The van der Waals surface area contributed by atoms with Gasteiger partial charge in [0, 0.05) is 18.4 Å². The van der Waals surface area contributed by atoms with Crippen LogP contribution in [0, 0.1) is 0 Å². The van der Waals surface area contributed by atoms with Gasteiger partial charge in [0.2, 0.25) is 5.16 Å². The normalized spacial score (nSPS) is 16.1. The van der Waals surface area contributed by atoms with Crippen LogP contribution in [-0.2, 0) is 6.42 Å².